The second-order valence-corrected chi connectivity index (χ2v) is 6.18. The lowest BCUT2D eigenvalue weighted by Gasteiger charge is -2.14. The maximum absolute atomic E-state index is 3.62. The van der Waals surface area contributed by atoms with Crippen LogP contribution in [0.25, 0.3) is 10.1 Å². The van der Waals surface area contributed by atoms with Crippen LogP contribution in [0.2, 0.25) is 0 Å². The normalized spacial score (nSPS) is 12.7. The van der Waals surface area contributed by atoms with E-state index in [0.717, 1.165) is 6.54 Å². The van der Waals surface area contributed by atoms with Crippen molar-refractivity contribution >= 4 is 21.4 Å². The predicted octanol–water partition coefficient (Wildman–Crippen LogP) is 5.06. The van der Waals surface area contributed by atoms with Crippen molar-refractivity contribution in [1.82, 2.24) is 5.32 Å². The molecule has 0 unspecified atom stereocenters. The molecule has 3 aromatic rings. The van der Waals surface area contributed by atoms with Gasteiger partial charge in [0.2, 0.25) is 0 Å². The van der Waals surface area contributed by atoms with Crippen molar-refractivity contribution in [2.24, 2.45) is 0 Å². The zero-order valence-electron chi connectivity index (χ0n) is 11.9. The van der Waals surface area contributed by atoms with Gasteiger partial charge < -0.3 is 5.32 Å². The van der Waals surface area contributed by atoms with E-state index in [1.165, 1.54) is 26.8 Å². The average molecular weight is 281 g/mol. The molecule has 0 spiro atoms. The molecule has 1 aromatic heterocycles. The Hall–Kier alpha value is -1.64. The van der Waals surface area contributed by atoms with Gasteiger partial charge in [-0.1, -0.05) is 48.0 Å². The van der Waals surface area contributed by atoms with E-state index in [2.05, 4.69) is 73.1 Å². The van der Waals surface area contributed by atoms with Gasteiger partial charge in [-0.3, -0.25) is 0 Å². The number of hydrogen-bond acceptors (Lipinski definition) is 2. The van der Waals surface area contributed by atoms with Crippen molar-refractivity contribution in [2.45, 2.75) is 26.4 Å². The molecular formula is C18H19NS. The Bertz CT molecular complexity index is 697. The van der Waals surface area contributed by atoms with Crippen LogP contribution < -0.4 is 5.32 Å². The van der Waals surface area contributed by atoms with Gasteiger partial charge >= 0.3 is 0 Å². The summed E-state index contributed by atoms with van der Waals surface area (Å²) in [6.45, 7) is 5.26. The Morgan fingerprint density at radius 1 is 1.05 bits per heavy atom. The smallest absolute Gasteiger partial charge is 0.0346 e. The molecule has 0 aliphatic carbocycles. The molecule has 0 fully saturated rings. The van der Waals surface area contributed by atoms with Crippen LogP contribution in [-0.2, 0) is 6.54 Å². The Balaban J connectivity index is 1.71. The van der Waals surface area contributed by atoms with Gasteiger partial charge in [-0.05, 0) is 41.8 Å². The van der Waals surface area contributed by atoms with Crippen LogP contribution in [0.5, 0.6) is 0 Å². The van der Waals surface area contributed by atoms with E-state index in [0.29, 0.717) is 6.04 Å². The van der Waals surface area contributed by atoms with Gasteiger partial charge in [0.05, 0.1) is 0 Å². The second-order valence-electron chi connectivity index (χ2n) is 5.27. The summed E-state index contributed by atoms with van der Waals surface area (Å²) < 4.78 is 1.37. The van der Waals surface area contributed by atoms with Gasteiger partial charge in [-0.15, -0.1) is 11.3 Å². The molecule has 2 heteroatoms. The van der Waals surface area contributed by atoms with E-state index in [9.17, 15) is 0 Å². The summed E-state index contributed by atoms with van der Waals surface area (Å²) in [5, 5.41) is 7.26. The molecule has 1 N–H and O–H groups in total. The predicted molar refractivity (Wildman–Crippen MR) is 88.3 cm³/mol. The summed E-state index contributed by atoms with van der Waals surface area (Å²) in [7, 11) is 0. The van der Waals surface area contributed by atoms with Gasteiger partial charge in [0, 0.05) is 17.3 Å². The third-order valence-corrected chi connectivity index (χ3v) is 4.75. The number of aryl methyl sites for hydroxylation is 1. The van der Waals surface area contributed by atoms with Crippen molar-refractivity contribution < 1.29 is 0 Å². The first kappa shape index (κ1) is 13.3. The highest BCUT2D eigenvalue weighted by Gasteiger charge is 2.07. The SMILES string of the molecule is Cc1ccc([C@@H](C)NCc2csc3ccccc23)cc1. The summed E-state index contributed by atoms with van der Waals surface area (Å²) in [6.07, 6.45) is 0. The van der Waals surface area contributed by atoms with E-state index in [1.54, 1.807) is 0 Å². The van der Waals surface area contributed by atoms with Gasteiger partial charge in [-0.25, -0.2) is 0 Å². The molecule has 3 rings (SSSR count). The number of nitrogens with one attached hydrogen (secondary N) is 1. The van der Waals surface area contributed by atoms with Crippen LogP contribution in [0.4, 0.5) is 0 Å². The lowest BCUT2D eigenvalue weighted by molar-refractivity contribution is 0.577. The molecule has 2 aromatic carbocycles. The number of thiophene rings is 1. The standard InChI is InChI=1S/C18H19NS/c1-13-7-9-15(10-8-13)14(2)19-11-16-12-20-18-6-4-3-5-17(16)18/h3-10,12,14,19H,11H2,1-2H3/t14-/m1/s1. The molecule has 0 bridgehead atoms. The number of hydrogen-bond donors (Lipinski definition) is 1. The van der Waals surface area contributed by atoms with Crippen LogP contribution in [0.1, 0.15) is 29.7 Å². The van der Waals surface area contributed by atoms with Crippen molar-refractivity contribution in [1.29, 1.82) is 0 Å². The van der Waals surface area contributed by atoms with Crippen LogP contribution in [-0.4, -0.2) is 0 Å². The summed E-state index contributed by atoms with van der Waals surface area (Å²) in [5.41, 5.74) is 4.05. The first-order chi connectivity index (χ1) is 9.74. The first-order valence-corrected chi connectivity index (χ1v) is 7.87. The van der Waals surface area contributed by atoms with Crippen LogP contribution in [0, 0.1) is 6.92 Å². The fraction of sp³-hybridized carbons (Fsp3) is 0.222. The van der Waals surface area contributed by atoms with Crippen LogP contribution in [0.3, 0.4) is 0 Å². The Morgan fingerprint density at radius 2 is 1.80 bits per heavy atom. The summed E-state index contributed by atoms with van der Waals surface area (Å²) in [4.78, 5) is 0. The molecule has 1 atom stereocenters. The zero-order chi connectivity index (χ0) is 13.9. The topological polar surface area (TPSA) is 12.0 Å². The van der Waals surface area contributed by atoms with Gasteiger partial charge in [-0.2, -0.15) is 0 Å². The van der Waals surface area contributed by atoms with Crippen molar-refractivity contribution in [3.8, 4) is 0 Å². The van der Waals surface area contributed by atoms with Gasteiger partial charge in [0.15, 0.2) is 0 Å². The van der Waals surface area contributed by atoms with Crippen LogP contribution in [0.15, 0.2) is 53.9 Å². The molecule has 0 aliphatic rings. The Kier molecular flexibility index (Phi) is 3.86. The lowest BCUT2D eigenvalue weighted by Crippen LogP contribution is -2.17. The highest BCUT2D eigenvalue weighted by atomic mass is 32.1. The van der Waals surface area contributed by atoms with Crippen molar-refractivity contribution in [3.63, 3.8) is 0 Å². The molecule has 0 radical (unpaired) electrons. The maximum Gasteiger partial charge on any atom is 0.0346 e. The molecule has 1 heterocycles. The van der Waals surface area contributed by atoms with E-state index >= 15 is 0 Å². The molecule has 102 valence electrons. The highest BCUT2D eigenvalue weighted by molar-refractivity contribution is 7.17. The molecule has 0 amide bonds. The molecular weight excluding hydrogens is 262 g/mol. The minimum atomic E-state index is 0.370. The number of rotatable bonds is 4. The number of fused-ring (bicyclic) bond motifs is 1. The monoisotopic (exact) mass is 281 g/mol. The van der Waals surface area contributed by atoms with Gasteiger partial charge in [0.25, 0.3) is 0 Å². The average Bonchev–Trinajstić information content (AvgIpc) is 2.89. The first-order valence-electron chi connectivity index (χ1n) is 6.99. The van der Waals surface area contributed by atoms with Crippen LogP contribution >= 0.6 is 11.3 Å². The summed E-state index contributed by atoms with van der Waals surface area (Å²) in [6, 6.07) is 17.7. The largest absolute Gasteiger partial charge is 0.306 e. The minimum absolute atomic E-state index is 0.370. The third kappa shape index (κ3) is 2.77. The Morgan fingerprint density at radius 3 is 2.60 bits per heavy atom. The summed E-state index contributed by atoms with van der Waals surface area (Å²) >= 11 is 1.82. The second kappa shape index (κ2) is 5.78. The third-order valence-electron chi connectivity index (χ3n) is 3.74. The summed E-state index contributed by atoms with van der Waals surface area (Å²) in [5.74, 6) is 0. The molecule has 0 aliphatic heterocycles. The highest BCUT2D eigenvalue weighted by Crippen LogP contribution is 2.26. The fourth-order valence-electron chi connectivity index (χ4n) is 2.41. The van der Waals surface area contributed by atoms with E-state index in [4.69, 9.17) is 0 Å². The molecule has 1 nitrogen and oxygen atoms in total. The van der Waals surface area contributed by atoms with Gasteiger partial charge in [0.1, 0.15) is 0 Å². The lowest BCUT2D eigenvalue weighted by atomic mass is 10.1. The Labute approximate surface area is 124 Å². The van der Waals surface area contributed by atoms with E-state index in [-0.39, 0.29) is 0 Å². The quantitative estimate of drug-likeness (QED) is 0.704. The molecule has 20 heavy (non-hydrogen) atoms. The maximum atomic E-state index is 3.62. The van der Waals surface area contributed by atoms with E-state index in [1.807, 2.05) is 11.3 Å². The minimum Gasteiger partial charge on any atom is -0.306 e. The van der Waals surface area contributed by atoms with Crippen molar-refractivity contribution in [2.75, 3.05) is 0 Å². The van der Waals surface area contributed by atoms with Crippen molar-refractivity contribution in [3.05, 3.63) is 70.6 Å². The van der Waals surface area contributed by atoms with E-state index < -0.39 is 0 Å². The zero-order valence-corrected chi connectivity index (χ0v) is 12.7. The number of benzene rings is 2. The molecule has 0 saturated carbocycles. The molecule has 0 saturated heterocycles. The fourth-order valence-corrected chi connectivity index (χ4v) is 3.37.